The van der Waals surface area contributed by atoms with Crippen LogP contribution in [-0.4, -0.2) is 64.6 Å². The lowest BCUT2D eigenvalue weighted by Gasteiger charge is -2.39. The van der Waals surface area contributed by atoms with Crippen molar-refractivity contribution in [3.05, 3.63) is 35.4 Å². The molecule has 2 aliphatic heterocycles. The summed E-state index contributed by atoms with van der Waals surface area (Å²) in [5.74, 6) is 0.724. The summed E-state index contributed by atoms with van der Waals surface area (Å²) in [5, 5.41) is 0. The summed E-state index contributed by atoms with van der Waals surface area (Å²) in [7, 11) is 0. The number of nitrogens with zero attached hydrogens (tertiary/aromatic N) is 3. The Morgan fingerprint density at radius 3 is 2.67 bits per heavy atom. The molecule has 3 aliphatic rings. The number of hydrogen-bond donors (Lipinski definition) is 0. The molecule has 0 radical (unpaired) electrons. The van der Waals surface area contributed by atoms with Crippen molar-refractivity contribution in [1.82, 2.24) is 14.7 Å². The van der Waals surface area contributed by atoms with Gasteiger partial charge in [0.1, 0.15) is 12.6 Å². The molecule has 1 unspecified atom stereocenters. The molecule has 1 atom stereocenters. The van der Waals surface area contributed by atoms with Crippen LogP contribution in [0.15, 0.2) is 24.3 Å². The van der Waals surface area contributed by atoms with Gasteiger partial charge in [-0.3, -0.25) is 14.4 Å². The monoisotopic (exact) mass is 369 g/mol. The number of fused-ring (bicyclic) bond motifs is 1. The molecule has 1 aromatic carbocycles. The van der Waals surface area contributed by atoms with Crippen molar-refractivity contribution < 1.29 is 14.4 Å². The second-order valence-corrected chi connectivity index (χ2v) is 8.10. The molecule has 0 bridgehead atoms. The minimum atomic E-state index is -0.435. The lowest BCUT2D eigenvalue weighted by molar-refractivity contribution is -0.156. The van der Waals surface area contributed by atoms with Crippen molar-refractivity contribution in [3.8, 4) is 0 Å². The molecule has 0 N–H and O–H groups in total. The first-order chi connectivity index (χ1) is 13.0. The summed E-state index contributed by atoms with van der Waals surface area (Å²) in [6, 6.07) is 7.60. The summed E-state index contributed by atoms with van der Waals surface area (Å²) in [5.41, 5.74) is 2.18. The standard InChI is InChI=1S/C21H27N3O3/c1-15-3-2-4-17(11-15)13-23-14-20(26)24-10-9-22(8-7-18(24)21(23)27)19(25)12-16-5-6-16/h2-4,11,16,18H,5-10,12-14H2,1H3. The third-order valence-corrected chi connectivity index (χ3v) is 5.87. The highest BCUT2D eigenvalue weighted by Gasteiger charge is 2.41. The zero-order chi connectivity index (χ0) is 19.0. The smallest absolute Gasteiger partial charge is 0.246 e. The fourth-order valence-electron chi connectivity index (χ4n) is 4.14. The quantitative estimate of drug-likeness (QED) is 0.809. The van der Waals surface area contributed by atoms with Gasteiger partial charge in [-0.2, -0.15) is 0 Å². The summed E-state index contributed by atoms with van der Waals surface area (Å²) in [6.07, 6.45) is 3.45. The van der Waals surface area contributed by atoms with Gasteiger partial charge in [0.25, 0.3) is 0 Å². The molecule has 6 nitrogen and oxygen atoms in total. The molecule has 27 heavy (non-hydrogen) atoms. The highest BCUT2D eigenvalue weighted by Crippen LogP contribution is 2.33. The van der Waals surface area contributed by atoms with Gasteiger partial charge in [-0.05, 0) is 37.7 Å². The van der Waals surface area contributed by atoms with E-state index in [0.29, 0.717) is 44.9 Å². The minimum absolute atomic E-state index is 0.00704. The number of hydrogen-bond acceptors (Lipinski definition) is 3. The van der Waals surface area contributed by atoms with Crippen LogP contribution < -0.4 is 0 Å². The Bertz CT molecular complexity index is 759. The third kappa shape index (κ3) is 3.99. The summed E-state index contributed by atoms with van der Waals surface area (Å²) < 4.78 is 0. The van der Waals surface area contributed by atoms with Crippen molar-refractivity contribution in [1.29, 1.82) is 0 Å². The average molecular weight is 369 g/mol. The molecule has 0 aromatic heterocycles. The number of rotatable bonds is 4. The Morgan fingerprint density at radius 2 is 1.93 bits per heavy atom. The average Bonchev–Trinajstić information content (AvgIpc) is 3.45. The zero-order valence-electron chi connectivity index (χ0n) is 15.9. The fourth-order valence-corrected chi connectivity index (χ4v) is 4.14. The summed E-state index contributed by atoms with van der Waals surface area (Å²) >= 11 is 0. The number of aryl methyl sites for hydroxylation is 1. The van der Waals surface area contributed by atoms with Crippen LogP contribution in [0.5, 0.6) is 0 Å². The van der Waals surface area contributed by atoms with Gasteiger partial charge < -0.3 is 14.7 Å². The van der Waals surface area contributed by atoms with Crippen LogP contribution in [0.1, 0.15) is 36.8 Å². The zero-order valence-corrected chi connectivity index (χ0v) is 15.9. The van der Waals surface area contributed by atoms with Crippen molar-refractivity contribution in [2.45, 2.75) is 45.2 Å². The molecule has 0 spiro atoms. The van der Waals surface area contributed by atoms with E-state index in [9.17, 15) is 14.4 Å². The van der Waals surface area contributed by atoms with Crippen molar-refractivity contribution in [2.75, 3.05) is 26.2 Å². The molecular formula is C21H27N3O3. The molecule has 2 heterocycles. The molecule has 1 aromatic rings. The molecule has 144 valence electrons. The number of amides is 3. The Morgan fingerprint density at radius 1 is 1.11 bits per heavy atom. The van der Waals surface area contributed by atoms with E-state index in [0.717, 1.165) is 24.0 Å². The first kappa shape index (κ1) is 18.0. The molecule has 3 amide bonds. The molecule has 1 saturated carbocycles. The Labute approximate surface area is 160 Å². The topological polar surface area (TPSA) is 60.9 Å². The van der Waals surface area contributed by atoms with Crippen LogP contribution in [0.3, 0.4) is 0 Å². The van der Waals surface area contributed by atoms with E-state index in [1.54, 1.807) is 9.80 Å². The van der Waals surface area contributed by atoms with Gasteiger partial charge in [-0.15, -0.1) is 0 Å². The van der Waals surface area contributed by atoms with Crippen LogP contribution >= 0.6 is 0 Å². The van der Waals surface area contributed by atoms with Gasteiger partial charge in [0, 0.05) is 32.6 Å². The number of carbonyl (C=O) groups is 3. The highest BCUT2D eigenvalue weighted by atomic mass is 16.2. The molecule has 4 rings (SSSR count). The first-order valence-electron chi connectivity index (χ1n) is 9.93. The second-order valence-electron chi connectivity index (χ2n) is 8.10. The SMILES string of the molecule is Cc1cccc(CN2CC(=O)N3CCN(C(=O)CC4CC4)CCC3C2=O)c1. The molecular weight excluding hydrogens is 342 g/mol. The third-order valence-electron chi connectivity index (χ3n) is 5.87. The maximum Gasteiger partial charge on any atom is 0.246 e. The van der Waals surface area contributed by atoms with Gasteiger partial charge in [0.15, 0.2) is 0 Å². The van der Waals surface area contributed by atoms with Crippen LogP contribution in [-0.2, 0) is 20.9 Å². The lowest BCUT2D eigenvalue weighted by atomic mass is 10.1. The largest absolute Gasteiger partial charge is 0.341 e. The summed E-state index contributed by atoms with van der Waals surface area (Å²) in [6.45, 7) is 4.17. The molecule has 1 aliphatic carbocycles. The number of carbonyl (C=O) groups excluding carboxylic acids is 3. The number of piperazine rings is 1. The van der Waals surface area contributed by atoms with Gasteiger partial charge in [-0.1, -0.05) is 29.8 Å². The molecule has 3 fully saturated rings. The van der Waals surface area contributed by atoms with E-state index in [1.165, 1.54) is 0 Å². The van der Waals surface area contributed by atoms with E-state index in [-0.39, 0.29) is 24.3 Å². The van der Waals surface area contributed by atoms with Crippen LogP contribution in [0, 0.1) is 12.8 Å². The van der Waals surface area contributed by atoms with E-state index in [2.05, 4.69) is 6.07 Å². The molecule has 6 heteroatoms. The van der Waals surface area contributed by atoms with Gasteiger partial charge in [0.2, 0.25) is 17.7 Å². The maximum atomic E-state index is 13.0. The van der Waals surface area contributed by atoms with Crippen molar-refractivity contribution >= 4 is 17.7 Å². The van der Waals surface area contributed by atoms with E-state index in [4.69, 9.17) is 0 Å². The first-order valence-corrected chi connectivity index (χ1v) is 9.93. The number of benzene rings is 1. The fraction of sp³-hybridized carbons (Fsp3) is 0.571. The van der Waals surface area contributed by atoms with Crippen LogP contribution in [0.4, 0.5) is 0 Å². The highest BCUT2D eigenvalue weighted by molar-refractivity contribution is 5.95. The van der Waals surface area contributed by atoms with E-state index < -0.39 is 6.04 Å². The predicted octanol–water partition coefficient (Wildman–Crippen LogP) is 1.57. The Hall–Kier alpha value is -2.37. The second kappa shape index (κ2) is 7.33. The Kier molecular flexibility index (Phi) is 4.89. The van der Waals surface area contributed by atoms with Gasteiger partial charge in [0.05, 0.1) is 0 Å². The predicted molar refractivity (Wildman–Crippen MR) is 101 cm³/mol. The van der Waals surface area contributed by atoms with Gasteiger partial charge in [-0.25, -0.2) is 0 Å². The van der Waals surface area contributed by atoms with E-state index >= 15 is 0 Å². The maximum absolute atomic E-state index is 13.0. The van der Waals surface area contributed by atoms with Crippen molar-refractivity contribution in [3.63, 3.8) is 0 Å². The van der Waals surface area contributed by atoms with Crippen LogP contribution in [0.25, 0.3) is 0 Å². The van der Waals surface area contributed by atoms with Crippen LogP contribution in [0.2, 0.25) is 0 Å². The normalized spacial score (nSPS) is 23.3. The Balaban J connectivity index is 1.44. The summed E-state index contributed by atoms with van der Waals surface area (Å²) in [4.78, 5) is 43.4. The lowest BCUT2D eigenvalue weighted by Crippen LogP contribution is -2.59. The van der Waals surface area contributed by atoms with Gasteiger partial charge >= 0.3 is 0 Å². The van der Waals surface area contributed by atoms with Crippen molar-refractivity contribution in [2.24, 2.45) is 5.92 Å². The van der Waals surface area contributed by atoms with E-state index in [1.807, 2.05) is 30.0 Å². The minimum Gasteiger partial charge on any atom is -0.341 e. The molecule has 2 saturated heterocycles.